The Kier molecular flexibility index (Phi) is 11.1. The standard InChI is InChI=1S/C21H32N4O5/c1-21(2,3)30-20(27)24-18(19(26)28-4)9-7-8-16-10-12-17(13-11-16)29-15-6-5-14-23-25-22/h10-13,18H,5-9,14-15H2,1-4H3,(H,24,27)/t18-/m0/s1. The number of azide groups is 1. The minimum atomic E-state index is -0.752. The number of aryl methyl sites for hydroxylation is 1. The van der Waals surface area contributed by atoms with Gasteiger partial charge in [0, 0.05) is 11.5 Å². The Morgan fingerprint density at radius 1 is 1.17 bits per heavy atom. The molecule has 0 unspecified atom stereocenters. The van der Waals surface area contributed by atoms with Crippen LogP contribution in [0.3, 0.4) is 0 Å². The molecule has 0 heterocycles. The van der Waals surface area contributed by atoms with Gasteiger partial charge in [0.05, 0.1) is 13.7 Å². The number of nitrogens with one attached hydrogen (secondary N) is 1. The molecule has 0 aromatic heterocycles. The van der Waals surface area contributed by atoms with E-state index in [4.69, 9.17) is 19.7 Å². The number of carbonyl (C=O) groups excluding carboxylic acids is 2. The Bertz CT molecular complexity index is 709. The zero-order chi connectivity index (χ0) is 22.4. The molecule has 0 aliphatic carbocycles. The number of alkyl carbamates (subject to hydrolysis) is 1. The summed E-state index contributed by atoms with van der Waals surface area (Å²) in [5, 5.41) is 6.06. The normalized spacial score (nSPS) is 11.7. The van der Waals surface area contributed by atoms with Crippen LogP contribution in [-0.2, 0) is 20.7 Å². The maximum absolute atomic E-state index is 12.0. The quantitative estimate of drug-likeness (QED) is 0.175. The van der Waals surface area contributed by atoms with E-state index >= 15 is 0 Å². The Morgan fingerprint density at radius 3 is 2.47 bits per heavy atom. The lowest BCUT2D eigenvalue weighted by molar-refractivity contribution is -0.143. The zero-order valence-electron chi connectivity index (χ0n) is 18.2. The summed E-state index contributed by atoms with van der Waals surface area (Å²) in [6, 6.07) is 7.00. The van der Waals surface area contributed by atoms with Crippen LogP contribution in [0.1, 0.15) is 52.0 Å². The first kappa shape index (κ1) is 25.1. The molecule has 1 atom stereocenters. The number of hydrogen-bond acceptors (Lipinski definition) is 6. The molecule has 0 saturated carbocycles. The van der Waals surface area contributed by atoms with Gasteiger partial charge in [-0.15, -0.1) is 0 Å². The number of benzene rings is 1. The van der Waals surface area contributed by atoms with Gasteiger partial charge in [0.1, 0.15) is 17.4 Å². The zero-order valence-corrected chi connectivity index (χ0v) is 18.2. The maximum atomic E-state index is 12.0. The van der Waals surface area contributed by atoms with Gasteiger partial charge in [-0.2, -0.15) is 0 Å². The summed E-state index contributed by atoms with van der Waals surface area (Å²) in [5.74, 6) is 0.284. The van der Waals surface area contributed by atoms with E-state index in [-0.39, 0.29) is 0 Å². The fourth-order valence-electron chi connectivity index (χ4n) is 2.62. The molecule has 0 radical (unpaired) electrons. The van der Waals surface area contributed by atoms with Crippen molar-refractivity contribution in [3.63, 3.8) is 0 Å². The fraction of sp³-hybridized carbons (Fsp3) is 0.619. The number of unbranched alkanes of at least 4 members (excludes halogenated alkanes) is 1. The van der Waals surface area contributed by atoms with E-state index in [2.05, 4.69) is 15.3 Å². The van der Waals surface area contributed by atoms with Crippen LogP contribution in [0.4, 0.5) is 4.79 Å². The topological polar surface area (TPSA) is 123 Å². The summed E-state index contributed by atoms with van der Waals surface area (Å²) in [4.78, 5) is 26.6. The molecule has 0 saturated heterocycles. The molecule has 9 heteroatoms. The molecule has 1 N–H and O–H groups in total. The summed E-state index contributed by atoms with van der Waals surface area (Å²) in [6.07, 6.45) is 2.85. The molecule has 0 fully saturated rings. The molecular weight excluding hydrogens is 388 g/mol. The second kappa shape index (κ2) is 13.3. The van der Waals surface area contributed by atoms with E-state index in [1.54, 1.807) is 20.8 Å². The van der Waals surface area contributed by atoms with Crippen LogP contribution in [0.5, 0.6) is 5.75 Å². The highest BCUT2D eigenvalue weighted by Crippen LogP contribution is 2.15. The average Bonchev–Trinajstić information content (AvgIpc) is 2.69. The molecule has 1 rings (SSSR count). The first-order valence-electron chi connectivity index (χ1n) is 10.0. The molecular formula is C21H32N4O5. The molecule has 0 aliphatic heterocycles. The lowest BCUT2D eigenvalue weighted by Gasteiger charge is -2.22. The summed E-state index contributed by atoms with van der Waals surface area (Å²) in [5.41, 5.74) is 8.68. The van der Waals surface area contributed by atoms with Gasteiger partial charge in [-0.3, -0.25) is 0 Å². The maximum Gasteiger partial charge on any atom is 0.408 e. The van der Waals surface area contributed by atoms with Crippen molar-refractivity contribution in [3.05, 3.63) is 40.3 Å². The molecule has 0 bridgehead atoms. The lowest BCUT2D eigenvalue weighted by atomic mass is 10.0. The molecule has 30 heavy (non-hydrogen) atoms. The van der Waals surface area contributed by atoms with Crippen LogP contribution >= 0.6 is 0 Å². The number of rotatable bonds is 12. The van der Waals surface area contributed by atoms with Crippen molar-refractivity contribution in [2.45, 2.75) is 64.5 Å². The van der Waals surface area contributed by atoms with Gasteiger partial charge in [0.15, 0.2) is 0 Å². The van der Waals surface area contributed by atoms with Gasteiger partial charge in [0.25, 0.3) is 0 Å². The molecule has 0 aliphatic rings. The largest absolute Gasteiger partial charge is 0.494 e. The Hall–Kier alpha value is -2.93. The minimum Gasteiger partial charge on any atom is -0.494 e. The summed E-state index contributed by atoms with van der Waals surface area (Å²) in [6.45, 7) is 6.33. The van der Waals surface area contributed by atoms with Crippen molar-refractivity contribution in [3.8, 4) is 5.75 Å². The molecule has 1 aromatic carbocycles. The number of carbonyl (C=O) groups is 2. The first-order valence-corrected chi connectivity index (χ1v) is 10.0. The first-order chi connectivity index (χ1) is 14.2. The third kappa shape index (κ3) is 11.2. The number of hydrogen-bond donors (Lipinski definition) is 1. The van der Waals surface area contributed by atoms with Crippen LogP contribution in [-0.4, -0.2) is 44.0 Å². The summed E-state index contributed by atoms with van der Waals surface area (Å²) < 4.78 is 15.6. The highest BCUT2D eigenvalue weighted by molar-refractivity contribution is 5.81. The second-order valence-corrected chi connectivity index (χ2v) is 7.77. The number of esters is 1. The van der Waals surface area contributed by atoms with E-state index in [1.807, 2.05) is 24.3 Å². The number of amides is 1. The highest BCUT2D eigenvalue weighted by Gasteiger charge is 2.24. The lowest BCUT2D eigenvalue weighted by Crippen LogP contribution is -2.44. The summed E-state index contributed by atoms with van der Waals surface area (Å²) >= 11 is 0. The number of ether oxygens (including phenoxy) is 3. The highest BCUT2D eigenvalue weighted by atomic mass is 16.6. The van der Waals surface area contributed by atoms with Crippen molar-refractivity contribution in [1.29, 1.82) is 0 Å². The van der Waals surface area contributed by atoms with E-state index in [0.717, 1.165) is 30.6 Å². The number of methoxy groups -OCH3 is 1. The third-order valence-corrected chi connectivity index (χ3v) is 4.04. The average molecular weight is 421 g/mol. The van der Waals surface area contributed by atoms with Crippen LogP contribution in [0, 0.1) is 0 Å². The van der Waals surface area contributed by atoms with Crippen molar-refractivity contribution in [2.75, 3.05) is 20.3 Å². The number of nitrogens with zero attached hydrogens (tertiary/aromatic N) is 3. The van der Waals surface area contributed by atoms with Crippen LogP contribution < -0.4 is 10.1 Å². The van der Waals surface area contributed by atoms with Gasteiger partial charge in [-0.25, -0.2) is 9.59 Å². The predicted molar refractivity (Wildman–Crippen MR) is 113 cm³/mol. The molecule has 9 nitrogen and oxygen atoms in total. The smallest absolute Gasteiger partial charge is 0.408 e. The molecule has 1 aromatic rings. The van der Waals surface area contributed by atoms with Gasteiger partial charge in [-0.05, 0) is 76.1 Å². The fourth-order valence-corrected chi connectivity index (χ4v) is 2.62. The van der Waals surface area contributed by atoms with Gasteiger partial charge in [0.2, 0.25) is 0 Å². The van der Waals surface area contributed by atoms with Crippen LogP contribution in [0.15, 0.2) is 29.4 Å². The Morgan fingerprint density at radius 2 is 1.87 bits per heavy atom. The van der Waals surface area contributed by atoms with E-state index in [0.29, 0.717) is 26.0 Å². The van der Waals surface area contributed by atoms with Crippen molar-refractivity contribution in [1.82, 2.24) is 5.32 Å². The van der Waals surface area contributed by atoms with Gasteiger partial charge >= 0.3 is 12.1 Å². The van der Waals surface area contributed by atoms with Crippen LogP contribution in [0.25, 0.3) is 10.4 Å². The third-order valence-electron chi connectivity index (χ3n) is 4.04. The summed E-state index contributed by atoms with van der Waals surface area (Å²) in [7, 11) is 1.29. The van der Waals surface area contributed by atoms with Crippen molar-refractivity contribution < 1.29 is 23.8 Å². The second-order valence-electron chi connectivity index (χ2n) is 7.77. The van der Waals surface area contributed by atoms with E-state index in [9.17, 15) is 9.59 Å². The predicted octanol–water partition coefficient (Wildman–Crippen LogP) is 4.54. The molecule has 1 amide bonds. The monoisotopic (exact) mass is 420 g/mol. The minimum absolute atomic E-state index is 0.440. The van der Waals surface area contributed by atoms with Crippen molar-refractivity contribution in [2.24, 2.45) is 5.11 Å². The Balaban J connectivity index is 2.42. The van der Waals surface area contributed by atoms with E-state index in [1.165, 1.54) is 7.11 Å². The van der Waals surface area contributed by atoms with Crippen LogP contribution in [0.2, 0.25) is 0 Å². The molecule has 0 spiro atoms. The SMILES string of the molecule is COC(=O)[C@H](CCCc1ccc(OCCCCN=[N+]=[N-])cc1)NC(=O)OC(C)(C)C. The van der Waals surface area contributed by atoms with E-state index < -0.39 is 23.7 Å². The molecule has 166 valence electrons. The van der Waals surface area contributed by atoms with Gasteiger partial charge < -0.3 is 19.5 Å². The Labute approximate surface area is 177 Å². The van der Waals surface area contributed by atoms with Crippen molar-refractivity contribution >= 4 is 12.1 Å². The van der Waals surface area contributed by atoms with Gasteiger partial charge in [-0.1, -0.05) is 17.2 Å².